The molecule has 1 unspecified atom stereocenters. The number of halogens is 1. The smallest absolute Gasteiger partial charge is 0.225 e. The zero-order valence-electron chi connectivity index (χ0n) is 15.1. The van der Waals surface area contributed by atoms with Gasteiger partial charge >= 0.3 is 0 Å². The van der Waals surface area contributed by atoms with E-state index in [-0.39, 0.29) is 5.41 Å². The van der Waals surface area contributed by atoms with Crippen LogP contribution in [-0.4, -0.2) is 53.1 Å². The van der Waals surface area contributed by atoms with Gasteiger partial charge in [-0.05, 0) is 31.9 Å². The highest BCUT2D eigenvalue weighted by atomic mass is 19.1. The fourth-order valence-electron chi connectivity index (χ4n) is 4.31. The van der Waals surface area contributed by atoms with Gasteiger partial charge in [-0.3, -0.25) is 4.90 Å². The molecule has 138 valence electrons. The van der Waals surface area contributed by atoms with Gasteiger partial charge in [0.1, 0.15) is 0 Å². The molecule has 1 spiro atoms. The van der Waals surface area contributed by atoms with Gasteiger partial charge in [-0.1, -0.05) is 6.07 Å². The van der Waals surface area contributed by atoms with Crippen molar-refractivity contribution in [1.82, 2.24) is 19.9 Å². The van der Waals surface area contributed by atoms with E-state index in [0.29, 0.717) is 11.8 Å². The monoisotopic (exact) mass is 357 g/mol. The summed E-state index contributed by atoms with van der Waals surface area (Å²) in [7, 11) is 1.67. The van der Waals surface area contributed by atoms with E-state index in [2.05, 4.69) is 30.8 Å². The van der Waals surface area contributed by atoms with Gasteiger partial charge in [-0.2, -0.15) is 0 Å². The quantitative estimate of drug-likeness (QED) is 0.838. The Bertz CT molecular complexity index is 756. The molecule has 2 aliphatic rings. The molecule has 2 aliphatic heterocycles. The molecule has 2 aromatic rings. The molecule has 0 aromatic carbocycles. The fraction of sp³-hybridized carbons (Fsp3) is 0.526. The van der Waals surface area contributed by atoms with E-state index in [1.54, 1.807) is 13.3 Å². The lowest BCUT2D eigenvalue weighted by atomic mass is 9.79. The number of aromatic nitrogens is 3. The molecule has 0 aliphatic carbocycles. The van der Waals surface area contributed by atoms with Gasteiger partial charge in [-0.15, -0.1) is 0 Å². The minimum Gasteiger partial charge on any atom is -0.481 e. The SMILES string of the molecule is COc1ncccc1CN1CCC2(CCCN(c3ncc(F)cn3)C2)C1. The number of piperidine rings is 1. The summed E-state index contributed by atoms with van der Waals surface area (Å²) >= 11 is 0. The number of methoxy groups -OCH3 is 1. The summed E-state index contributed by atoms with van der Waals surface area (Å²) in [5, 5.41) is 0. The van der Waals surface area contributed by atoms with Crippen LogP contribution in [0.2, 0.25) is 0 Å². The Morgan fingerprint density at radius 1 is 1.15 bits per heavy atom. The number of hydrogen-bond acceptors (Lipinski definition) is 6. The Kier molecular flexibility index (Phi) is 4.72. The molecule has 4 rings (SSSR count). The molecule has 0 amide bonds. The number of nitrogens with zero attached hydrogens (tertiary/aromatic N) is 5. The van der Waals surface area contributed by atoms with Crippen LogP contribution in [0, 0.1) is 11.2 Å². The summed E-state index contributed by atoms with van der Waals surface area (Å²) in [6.07, 6.45) is 7.75. The maximum absolute atomic E-state index is 13.1. The number of likely N-dealkylation sites (tertiary alicyclic amines) is 1. The Balaban J connectivity index is 1.44. The van der Waals surface area contributed by atoms with Gasteiger partial charge in [0.2, 0.25) is 11.8 Å². The van der Waals surface area contributed by atoms with Gasteiger partial charge < -0.3 is 9.64 Å². The third kappa shape index (κ3) is 3.49. The van der Waals surface area contributed by atoms with Crippen LogP contribution in [0.15, 0.2) is 30.7 Å². The predicted molar refractivity (Wildman–Crippen MR) is 96.6 cm³/mol. The zero-order valence-corrected chi connectivity index (χ0v) is 15.1. The largest absolute Gasteiger partial charge is 0.481 e. The average molecular weight is 357 g/mol. The molecule has 26 heavy (non-hydrogen) atoms. The van der Waals surface area contributed by atoms with Crippen LogP contribution >= 0.6 is 0 Å². The third-order valence-corrected chi connectivity index (χ3v) is 5.51. The number of hydrogen-bond donors (Lipinski definition) is 0. The van der Waals surface area contributed by atoms with Crippen LogP contribution in [0.1, 0.15) is 24.8 Å². The van der Waals surface area contributed by atoms with E-state index >= 15 is 0 Å². The molecule has 7 heteroatoms. The lowest BCUT2D eigenvalue weighted by molar-refractivity contribution is 0.214. The molecule has 2 aromatic heterocycles. The summed E-state index contributed by atoms with van der Waals surface area (Å²) in [6.45, 7) is 4.83. The molecule has 0 N–H and O–H groups in total. The van der Waals surface area contributed by atoms with E-state index in [0.717, 1.165) is 51.1 Å². The molecule has 2 saturated heterocycles. The van der Waals surface area contributed by atoms with Crippen LogP contribution in [0.3, 0.4) is 0 Å². The highest BCUT2D eigenvalue weighted by Gasteiger charge is 2.42. The number of ether oxygens (including phenoxy) is 1. The van der Waals surface area contributed by atoms with Crippen molar-refractivity contribution in [3.63, 3.8) is 0 Å². The lowest BCUT2D eigenvalue weighted by Gasteiger charge is -2.40. The van der Waals surface area contributed by atoms with Gasteiger partial charge in [0.05, 0.1) is 19.5 Å². The molecular formula is C19H24FN5O. The summed E-state index contributed by atoms with van der Waals surface area (Å²) in [4.78, 5) is 17.3. The van der Waals surface area contributed by atoms with Crippen LogP contribution in [0.25, 0.3) is 0 Å². The fourth-order valence-corrected chi connectivity index (χ4v) is 4.31. The van der Waals surface area contributed by atoms with Crippen molar-refractivity contribution < 1.29 is 9.13 Å². The van der Waals surface area contributed by atoms with E-state index in [1.165, 1.54) is 18.8 Å². The maximum Gasteiger partial charge on any atom is 0.225 e. The van der Waals surface area contributed by atoms with Crippen molar-refractivity contribution in [2.75, 3.05) is 38.2 Å². The first-order chi connectivity index (χ1) is 12.7. The van der Waals surface area contributed by atoms with E-state index in [9.17, 15) is 4.39 Å². The van der Waals surface area contributed by atoms with Crippen molar-refractivity contribution in [2.45, 2.75) is 25.8 Å². The Labute approximate surface area is 153 Å². The van der Waals surface area contributed by atoms with Gasteiger partial charge in [-0.25, -0.2) is 19.3 Å². The summed E-state index contributed by atoms with van der Waals surface area (Å²) in [5.41, 5.74) is 1.38. The second-order valence-corrected chi connectivity index (χ2v) is 7.36. The number of rotatable bonds is 4. The zero-order chi connectivity index (χ0) is 18.0. The first-order valence-electron chi connectivity index (χ1n) is 9.10. The van der Waals surface area contributed by atoms with Crippen LogP contribution in [-0.2, 0) is 6.54 Å². The van der Waals surface area contributed by atoms with E-state index in [4.69, 9.17) is 4.74 Å². The van der Waals surface area contributed by atoms with Gasteiger partial charge in [0.15, 0.2) is 5.82 Å². The number of pyridine rings is 1. The second-order valence-electron chi connectivity index (χ2n) is 7.36. The molecule has 0 saturated carbocycles. The second kappa shape index (κ2) is 7.15. The molecule has 6 nitrogen and oxygen atoms in total. The summed E-state index contributed by atoms with van der Waals surface area (Å²) in [6, 6.07) is 4.04. The highest BCUT2D eigenvalue weighted by Crippen LogP contribution is 2.40. The predicted octanol–water partition coefficient (Wildman–Crippen LogP) is 2.51. The molecule has 0 radical (unpaired) electrons. The van der Waals surface area contributed by atoms with E-state index in [1.807, 2.05) is 6.07 Å². The van der Waals surface area contributed by atoms with Crippen molar-refractivity contribution in [3.8, 4) is 5.88 Å². The molecular weight excluding hydrogens is 333 g/mol. The maximum atomic E-state index is 13.1. The Hall–Kier alpha value is -2.28. The molecule has 2 fully saturated rings. The van der Waals surface area contributed by atoms with Gasteiger partial charge in [0.25, 0.3) is 0 Å². The van der Waals surface area contributed by atoms with Crippen molar-refractivity contribution in [3.05, 3.63) is 42.1 Å². The van der Waals surface area contributed by atoms with Crippen LogP contribution < -0.4 is 9.64 Å². The summed E-state index contributed by atoms with van der Waals surface area (Å²) in [5.74, 6) is 0.953. The molecule has 1 atom stereocenters. The molecule has 0 bridgehead atoms. The third-order valence-electron chi connectivity index (χ3n) is 5.51. The minimum absolute atomic E-state index is 0.255. The normalized spacial score (nSPS) is 23.5. The minimum atomic E-state index is -0.391. The molecule has 4 heterocycles. The highest BCUT2D eigenvalue weighted by molar-refractivity contribution is 5.31. The Morgan fingerprint density at radius 3 is 2.81 bits per heavy atom. The van der Waals surface area contributed by atoms with Crippen LogP contribution in [0.5, 0.6) is 5.88 Å². The van der Waals surface area contributed by atoms with Crippen molar-refractivity contribution in [2.24, 2.45) is 5.41 Å². The average Bonchev–Trinajstić information content (AvgIpc) is 3.04. The van der Waals surface area contributed by atoms with Crippen LogP contribution in [0.4, 0.5) is 10.3 Å². The first kappa shape index (κ1) is 17.1. The first-order valence-corrected chi connectivity index (χ1v) is 9.10. The van der Waals surface area contributed by atoms with Crippen molar-refractivity contribution in [1.29, 1.82) is 0 Å². The standard InChI is InChI=1S/C19H24FN5O/c1-26-17-15(4-2-7-21-17)12-24-9-6-19(13-24)5-3-8-25(14-19)18-22-10-16(20)11-23-18/h2,4,7,10-11H,3,5-6,8-9,12-14H2,1H3. The Morgan fingerprint density at radius 2 is 2.00 bits per heavy atom. The lowest BCUT2D eigenvalue weighted by Crippen LogP contribution is -2.45. The van der Waals surface area contributed by atoms with E-state index < -0.39 is 5.82 Å². The number of anilines is 1. The van der Waals surface area contributed by atoms with Crippen molar-refractivity contribution >= 4 is 5.95 Å². The summed E-state index contributed by atoms with van der Waals surface area (Å²) < 4.78 is 18.5. The van der Waals surface area contributed by atoms with Gasteiger partial charge in [0, 0.05) is 43.4 Å². The topological polar surface area (TPSA) is 54.4 Å².